The molecular weight excluding hydrogens is 238 g/mol. The fourth-order valence-corrected chi connectivity index (χ4v) is 5.70. The molecule has 4 rings (SSSR count). The summed E-state index contributed by atoms with van der Waals surface area (Å²) in [5, 5.41) is 3.85. The van der Waals surface area contributed by atoms with E-state index in [2.05, 4.69) is 41.3 Å². The van der Waals surface area contributed by atoms with Crippen LogP contribution in [0, 0.1) is 11.8 Å². The Kier molecular flexibility index (Phi) is 2.61. The van der Waals surface area contributed by atoms with E-state index in [4.69, 9.17) is 0 Å². The van der Waals surface area contributed by atoms with Gasteiger partial charge in [-0.2, -0.15) is 0 Å². The van der Waals surface area contributed by atoms with E-state index in [0.29, 0.717) is 4.87 Å². The van der Waals surface area contributed by atoms with Gasteiger partial charge < -0.3 is 5.32 Å². The SMILES string of the molecule is c1ccc2c(c1)N[C@]1(CC[C@@H]3CCCC[C@@H]3C1)S2. The summed E-state index contributed by atoms with van der Waals surface area (Å²) in [5.41, 5.74) is 1.37. The largest absolute Gasteiger partial charge is 0.369 e. The molecule has 18 heavy (non-hydrogen) atoms. The Labute approximate surface area is 114 Å². The Bertz CT molecular complexity index is 431. The summed E-state index contributed by atoms with van der Waals surface area (Å²) >= 11 is 2.10. The molecule has 3 atom stereocenters. The van der Waals surface area contributed by atoms with Gasteiger partial charge in [-0.1, -0.05) is 49.6 Å². The normalized spacial score (nSPS) is 38.0. The predicted molar refractivity (Wildman–Crippen MR) is 78.0 cm³/mol. The van der Waals surface area contributed by atoms with Gasteiger partial charge in [0, 0.05) is 10.6 Å². The first kappa shape index (κ1) is 11.2. The van der Waals surface area contributed by atoms with Crippen molar-refractivity contribution in [3.8, 4) is 0 Å². The van der Waals surface area contributed by atoms with E-state index in [1.54, 1.807) is 0 Å². The van der Waals surface area contributed by atoms with Crippen molar-refractivity contribution in [3.63, 3.8) is 0 Å². The maximum absolute atomic E-state index is 3.85. The molecule has 2 saturated carbocycles. The van der Waals surface area contributed by atoms with Crippen LogP contribution < -0.4 is 5.32 Å². The third-order valence-electron chi connectivity index (χ3n) is 5.13. The number of anilines is 1. The highest BCUT2D eigenvalue weighted by molar-refractivity contribution is 8.01. The number of rotatable bonds is 0. The van der Waals surface area contributed by atoms with E-state index < -0.39 is 0 Å². The summed E-state index contributed by atoms with van der Waals surface area (Å²) in [4.78, 5) is 1.80. The van der Waals surface area contributed by atoms with E-state index in [1.165, 1.54) is 55.5 Å². The summed E-state index contributed by atoms with van der Waals surface area (Å²) in [6.07, 6.45) is 10.1. The van der Waals surface area contributed by atoms with Crippen LogP contribution in [0.3, 0.4) is 0 Å². The van der Waals surface area contributed by atoms with E-state index in [-0.39, 0.29) is 0 Å². The number of hydrogen-bond donors (Lipinski definition) is 1. The lowest BCUT2D eigenvalue weighted by Gasteiger charge is -2.44. The van der Waals surface area contributed by atoms with Crippen molar-refractivity contribution in [2.45, 2.75) is 54.7 Å². The maximum atomic E-state index is 3.85. The summed E-state index contributed by atoms with van der Waals surface area (Å²) in [7, 11) is 0. The lowest BCUT2D eigenvalue weighted by atomic mass is 9.69. The zero-order chi connectivity index (χ0) is 12.0. The topological polar surface area (TPSA) is 12.0 Å². The molecule has 96 valence electrons. The van der Waals surface area contributed by atoms with E-state index >= 15 is 0 Å². The summed E-state index contributed by atoms with van der Waals surface area (Å²) in [5.74, 6) is 2.03. The van der Waals surface area contributed by atoms with Gasteiger partial charge in [-0.3, -0.25) is 0 Å². The lowest BCUT2D eigenvalue weighted by molar-refractivity contribution is 0.153. The second-order valence-corrected chi connectivity index (χ2v) is 7.69. The molecule has 3 aliphatic rings. The van der Waals surface area contributed by atoms with Gasteiger partial charge in [-0.25, -0.2) is 0 Å². The molecule has 0 unspecified atom stereocenters. The van der Waals surface area contributed by atoms with Gasteiger partial charge in [-0.05, 0) is 43.2 Å². The third kappa shape index (κ3) is 1.77. The zero-order valence-electron chi connectivity index (χ0n) is 10.8. The van der Waals surface area contributed by atoms with Crippen LogP contribution in [0.5, 0.6) is 0 Å². The number of para-hydroxylation sites is 1. The first-order valence-corrected chi connectivity index (χ1v) is 8.23. The average molecular weight is 259 g/mol. The minimum atomic E-state index is 0.336. The van der Waals surface area contributed by atoms with Crippen molar-refractivity contribution in [2.24, 2.45) is 11.8 Å². The van der Waals surface area contributed by atoms with E-state index in [0.717, 1.165) is 11.8 Å². The second-order valence-electron chi connectivity index (χ2n) is 6.26. The summed E-state index contributed by atoms with van der Waals surface area (Å²) < 4.78 is 0. The van der Waals surface area contributed by atoms with Crippen LogP contribution in [0.4, 0.5) is 5.69 Å². The molecule has 1 aromatic carbocycles. The molecule has 0 amide bonds. The van der Waals surface area contributed by atoms with E-state index in [1.807, 2.05) is 0 Å². The molecule has 0 saturated heterocycles. The number of benzene rings is 1. The highest BCUT2D eigenvalue weighted by Gasteiger charge is 2.45. The van der Waals surface area contributed by atoms with Gasteiger partial charge in [0.05, 0.1) is 4.87 Å². The number of nitrogens with one attached hydrogen (secondary N) is 1. The Morgan fingerprint density at radius 1 is 1.06 bits per heavy atom. The van der Waals surface area contributed by atoms with Gasteiger partial charge in [0.25, 0.3) is 0 Å². The van der Waals surface area contributed by atoms with Crippen molar-refractivity contribution in [1.29, 1.82) is 0 Å². The Morgan fingerprint density at radius 3 is 2.78 bits per heavy atom. The molecule has 2 aliphatic carbocycles. The Hall–Kier alpha value is -0.630. The molecule has 0 radical (unpaired) electrons. The molecule has 1 nitrogen and oxygen atoms in total. The number of thioether (sulfide) groups is 1. The number of fused-ring (bicyclic) bond motifs is 2. The molecule has 2 heteroatoms. The van der Waals surface area contributed by atoms with Crippen molar-refractivity contribution in [1.82, 2.24) is 0 Å². The molecule has 1 aromatic rings. The standard InChI is InChI=1S/C16H21NS/c1-2-6-13-11-16(10-9-12(13)5-1)17-14-7-3-4-8-15(14)18-16/h3-4,7-8,12-13,17H,1-2,5-6,9-11H2/t12-,13+,16+/m0/s1. The molecule has 2 fully saturated rings. The maximum Gasteiger partial charge on any atom is 0.0883 e. The molecule has 0 aromatic heterocycles. The molecule has 1 spiro atoms. The minimum Gasteiger partial charge on any atom is -0.369 e. The smallest absolute Gasteiger partial charge is 0.0883 e. The van der Waals surface area contributed by atoms with Crippen LogP contribution in [0.1, 0.15) is 44.9 Å². The molecule has 1 heterocycles. The first-order chi connectivity index (χ1) is 8.85. The van der Waals surface area contributed by atoms with Crippen LogP contribution in [-0.2, 0) is 0 Å². The van der Waals surface area contributed by atoms with Crippen LogP contribution >= 0.6 is 11.8 Å². The minimum absolute atomic E-state index is 0.336. The van der Waals surface area contributed by atoms with Gasteiger partial charge in [0.15, 0.2) is 0 Å². The fourth-order valence-electron chi connectivity index (χ4n) is 4.22. The van der Waals surface area contributed by atoms with Crippen LogP contribution in [0.15, 0.2) is 29.2 Å². The highest BCUT2D eigenvalue weighted by Crippen LogP contribution is 2.56. The van der Waals surface area contributed by atoms with Crippen molar-refractivity contribution in [3.05, 3.63) is 24.3 Å². The molecule has 1 N–H and O–H groups in total. The van der Waals surface area contributed by atoms with Crippen molar-refractivity contribution >= 4 is 17.4 Å². The van der Waals surface area contributed by atoms with Gasteiger partial charge in [-0.15, -0.1) is 0 Å². The molecule has 1 aliphatic heterocycles. The predicted octanol–water partition coefficient (Wildman–Crippen LogP) is 4.89. The lowest BCUT2D eigenvalue weighted by Crippen LogP contribution is -2.41. The van der Waals surface area contributed by atoms with Gasteiger partial charge in [0.1, 0.15) is 0 Å². The molecule has 0 bridgehead atoms. The summed E-state index contributed by atoms with van der Waals surface area (Å²) in [6, 6.07) is 8.83. The first-order valence-electron chi connectivity index (χ1n) is 7.41. The van der Waals surface area contributed by atoms with Gasteiger partial charge in [0.2, 0.25) is 0 Å². The average Bonchev–Trinajstić information content (AvgIpc) is 2.76. The van der Waals surface area contributed by atoms with E-state index in [9.17, 15) is 0 Å². The quantitative estimate of drug-likeness (QED) is 0.712. The van der Waals surface area contributed by atoms with Crippen LogP contribution in [-0.4, -0.2) is 4.87 Å². The second kappa shape index (κ2) is 4.19. The highest BCUT2D eigenvalue weighted by atomic mass is 32.2. The van der Waals surface area contributed by atoms with Crippen molar-refractivity contribution < 1.29 is 0 Å². The summed E-state index contributed by atoms with van der Waals surface area (Å²) in [6.45, 7) is 0. The monoisotopic (exact) mass is 259 g/mol. The fraction of sp³-hybridized carbons (Fsp3) is 0.625. The zero-order valence-corrected chi connectivity index (χ0v) is 11.6. The van der Waals surface area contributed by atoms with Crippen molar-refractivity contribution in [2.75, 3.05) is 5.32 Å². The Morgan fingerprint density at radius 2 is 1.89 bits per heavy atom. The molecular formula is C16H21NS. The van der Waals surface area contributed by atoms with Crippen LogP contribution in [0.2, 0.25) is 0 Å². The number of hydrogen-bond acceptors (Lipinski definition) is 2. The van der Waals surface area contributed by atoms with Crippen LogP contribution in [0.25, 0.3) is 0 Å². The van der Waals surface area contributed by atoms with Gasteiger partial charge >= 0.3 is 0 Å². The third-order valence-corrected chi connectivity index (χ3v) is 6.57. The Balaban J connectivity index is 1.57.